The standard InChI is InChI=1S/C9H17NO4S/c1-6(8-4-3-5-8)10-15(13,14)7(2)9(11)12/h6-8,10H,3-5H2,1-2H3,(H,11,12). The van der Waals surface area contributed by atoms with Crippen LogP contribution in [0.3, 0.4) is 0 Å². The minimum atomic E-state index is -3.73. The van der Waals surface area contributed by atoms with E-state index in [-0.39, 0.29) is 6.04 Å². The van der Waals surface area contributed by atoms with Crippen LogP contribution >= 0.6 is 0 Å². The Labute approximate surface area is 89.9 Å². The first kappa shape index (κ1) is 12.4. The van der Waals surface area contributed by atoms with Crippen LogP contribution in [0.15, 0.2) is 0 Å². The lowest BCUT2D eigenvalue weighted by Gasteiger charge is -2.32. The highest BCUT2D eigenvalue weighted by atomic mass is 32.2. The zero-order valence-corrected chi connectivity index (χ0v) is 9.75. The van der Waals surface area contributed by atoms with Gasteiger partial charge in [-0.25, -0.2) is 13.1 Å². The van der Waals surface area contributed by atoms with E-state index in [2.05, 4.69) is 4.72 Å². The molecule has 15 heavy (non-hydrogen) atoms. The van der Waals surface area contributed by atoms with Crippen molar-refractivity contribution in [1.82, 2.24) is 4.72 Å². The van der Waals surface area contributed by atoms with E-state index in [0.29, 0.717) is 5.92 Å². The van der Waals surface area contributed by atoms with Gasteiger partial charge in [-0.3, -0.25) is 4.79 Å². The van der Waals surface area contributed by atoms with Crippen LogP contribution in [0.1, 0.15) is 33.1 Å². The van der Waals surface area contributed by atoms with Crippen molar-refractivity contribution in [1.29, 1.82) is 0 Å². The Bertz CT molecular complexity index is 334. The summed E-state index contributed by atoms with van der Waals surface area (Å²) in [6, 6.07) is -0.162. The van der Waals surface area contributed by atoms with Gasteiger partial charge in [-0.2, -0.15) is 0 Å². The molecular formula is C9H17NO4S. The second kappa shape index (κ2) is 4.49. The predicted octanol–water partition coefficient (Wildman–Crippen LogP) is 0.567. The summed E-state index contributed by atoms with van der Waals surface area (Å²) < 4.78 is 25.5. The molecule has 2 N–H and O–H groups in total. The first-order valence-electron chi connectivity index (χ1n) is 5.08. The van der Waals surface area contributed by atoms with Crippen LogP contribution in [0.5, 0.6) is 0 Å². The molecule has 0 aliphatic heterocycles. The minimum Gasteiger partial charge on any atom is -0.480 e. The summed E-state index contributed by atoms with van der Waals surface area (Å²) in [5, 5.41) is 7.23. The van der Waals surface area contributed by atoms with Crippen LogP contribution in [-0.2, 0) is 14.8 Å². The molecule has 0 saturated heterocycles. The highest BCUT2D eigenvalue weighted by molar-refractivity contribution is 7.90. The van der Waals surface area contributed by atoms with E-state index in [1.54, 1.807) is 6.92 Å². The van der Waals surface area contributed by atoms with Gasteiger partial charge in [-0.15, -0.1) is 0 Å². The maximum atomic E-state index is 11.5. The second-order valence-electron chi connectivity index (χ2n) is 4.12. The lowest BCUT2D eigenvalue weighted by Crippen LogP contribution is -2.46. The summed E-state index contributed by atoms with van der Waals surface area (Å²) >= 11 is 0. The largest absolute Gasteiger partial charge is 0.480 e. The molecule has 0 aromatic carbocycles. The Kier molecular flexibility index (Phi) is 3.72. The molecule has 0 aromatic rings. The monoisotopic (exact) mass is 235 g/mol. The van der Waals surface area contributed by atoms with E-state index in [1.807, 2.05) is 0 Å². The molecule has 1 aliphatic carbocycles. The first-order valence-corrected chi connectivity index (χ1v) is 6.63. The third-order valence-corrected chi connectivity index (χ3v) is 4.85. The van der Waals surface area contributed by atoms with Crippen LogP contribution < -0.4 is 4.72 Å². The summed E-state index contributed by atoms with van der Waals surface area (Å²) in [6.07, 6.45) is 3.17. The molecule has 2 atom stereocenters. The van der Waals surface area contributed by atoms with Crippen LogP contribution in [0.25, 0.3) is 0 Å². The van der Waals surface area contributed by atoms with Crippen molar-refractivity contribution >= 4 is 16.0 Å². The number of aliphatic carboxylic acids is 1. The fourth-order valence-electron chi connectivity index (χ4n) is 1.53. The van der Waals surface area contributed by atoms with Gasteiger partial charge in [-0.1, -0.05) is 6.42 Å². The molecular weight excluding hydrogens is 218 g/mol. The number of carboxylic acids is 1. The molecule has 1 rings (SSSR count). The molecule has 5 nitrogen and oxygen atoms in total. The normalized spacial score (nSPS) is 21.7. The van der Waals surface area contributed by atoms with Crippen LogP contribution in [-0.4, -0.2) is 30.8 Å². The van der Waals surface area contributed by atoms with E-state index in [1.165, 1.54) is 6.92 Å². The molecule has 0 heterocycles. The van der Waals surface area contributed by atoms with Gasteiger partial charge in [0, 0.05) is 6.04 Å². The van der Waals surface area contributed by atoms with Crippen LogP contribution in [0, 0.1) is 5.92 Å². The fraction of sp³-hybridized carbons (Fsp3) is 0.889. The molecule has 0 spiro atoms. The zero-order valence-electron chi connectivity index (χ0n) is 8.93. The van der Waals surface area contributed by atoms with Crippen molar-refractivity contribution in [3.8, 4) is 0 Å². The molecule has 1 saturated carbocycles. The summed E-state index contributed by atoms with van der Waals surface area (Å²) in [7, 11) is -3.73. The van der Waals surface area contributed by atoms with Crippen molar-refractivity contribution in [2.45, 2.75) is 44.4 Å². The van der Waals surface area contributed by atoms with E-state index in [4.69, 9.17) is 5.11 Å². The van der Waals surface area contributed by atoms with Gasteiger partial charge in [0.1, 0.15) is 0 Å². The zero-order chi connectivity index (χ0) is 11.6. The van der Waals surface area contributed by atoms with Crippen LogP contribution in [0.4, 0.5) is 0 Å². The number of hydrogen-bond donors (Lipinski definition) is 2. The summed E-state index contributed by atoms with van der Waals surface area (Å²) in [6.45, 7) is 2.97. The first-order chi connectivity index (χ1) is 6.84. The van der Waals surface area contributed by atoms with Crippen LogP contribution in [0.2, 0.25) is 0 Å². The van der Waals surface area contributed by atoms with Crippen molar-refractivity contribution in [2.24, 2.45) is 5.92 Å². The van der Waals surface area contributed by atoms with Gasteiger partial charge in [-0.05, 0) is 32.6 Å². The van der Waals surface area contributed by atoms with E-state index in [9.17, 15) is 13.2 Å². The molecule has 0 radical (unpaired) electrons. The molecule has 0 aromatic heterocycles. The maximum absolute atomic E-state index is 11.5. The van der Waals surface area contributed by atoms with Crippen molar-refractivity contribution in [3.63, 3.8) is 0 Å². The maximum Gasteiger partial charge on any atom is 0.323 e. The van der Waals surface area contributed by atoms with E-state index in [0.717, 1.165) is 19.3 Å². The van der Waals surface area contributed by atoms with Crippen molar-refractivity contribution < 1.29 is 18.3 Å². The Morgan fingerprint density at radius 1 is 1.40 bits per heavy atom. The van der Waals surface area contributed by atoms with Crippen molar-refractivity contribution in [2.75, 3.05) is 0 Å². The van der Waals surface area contributed by atoms with Gasteiger partial charge in [0.15, 0.2) is 5.25 Å². The predicted molar refractivity (Wildman–Crippen MR) is 56.0 cm³/mol. The third-order valence-electron chi connectivity index (χ3n) is 3.02. The average molecular weight is 235 g/mol. The molecule has 1 aliphatic rings. The van der Waals surface area contributed by atoms with Gasteiger partial charge in [0.05, 0.1) is 0 Å². The fourth-order valence-corrected chi connectivity index (χ4v) is 2.71. The molecule has 6 heteroatoms. The SMILES string of the molecule is CC(NS(=O)(=O)C(C)C(=O)O)C1CCC1. The lowest BCUT2D eigenvalue weighted by molar-refractivity contribution is -0.136. The Morgan fingerprint density at radius 2 is 1.93 bits per heavy atom. The summed E-state index contributed by atoms with van der Waals surface area (Å²) in [5.41, 5.74) is 0. The topological polar surface area (TPSA) is 83.5 Å². The number of hydrogen-bond acceptors (Lipinski definition) is 3. The number of rotatable bonds is 5. The van der Waals surface area contributed by atoms with Gasteiger partial charge in [0.2, 0.25) is 10.0 Å². The number of carboxylic acid groups (broad SMARTS) is 1. The molecule has 1 fully saturated rings. The van der Waals surface area contributed by atoms with Gasteiger partial charge < -0.3 is 5.11 Å². The molecule has 0 amide bonds. The Hall–Kier alpha value is -0.620. The van der Waals surface area contributed by atoms with E-state index < -0.39 is 21.2 Å². The quantitative estimate of drug-likeness (QED) is 0.729. The summed E-state index contributed by atoms with van der Waals surface area (Å²) in [5.74, 6) is -0.955. The lowest BCUT2D eigenvalue weighted by atomic mass is 9.81. The Balaban J connectivity index is 2.58. The number of sulfonamides is 1. The Morgan fingerprint density at radius 3 is 2.27 bits per heavy atom. The minimum absolute atomic E-state index is 0.162. The number of nitrogens with one attached hydrogen (secondary N) is 1. The highest BCUT2D eigenvalue weighted by Gasteiger charge is 2.32. The summed E-state index contributed by atoms with van der Waals surface area (Å²) in [4.78, 5) is 10.6. The molecule has 2 unspecified atom stereocenters. The molecule has 0 bridgehead atoms. The van der Waals surface area contributed by atoms with E-state index >= 15 is 0 Å². The highest BCUT2D eigenvalue weighted by Crippen LogP contribution is 2.29. The van der Waals surface area contributed by atoms with Gasteiger partial charge in [0.25, 0.3) is 0 Å². The second-order valence-corrected chi connectivity index (χ2v) is 6.16. The average Bonchev–Trinajstić information content (AvgIpc) is 1.97. The van der Waals surface area contributed by atoms with Crippen molar-refractivity contribution in [3.05, 3.63) is 0 Å². The third kappa shape index (κ3) is 2.92. The molecule has 88 valence electrons. The number of carbonyl (C=O) groups is 1. The van der Waals surface area contributed by atoms with Gasteiger partial charge >= 0.3 is 5.97 Å². The smallest absolute Gasteiger partial charge is 0.323 e.